The van der Waals surface area contributed by atoms with E-state index in [1.54, 1.807) is 48.5 Å². The Morgan fingerprint density at radius 1 is 0.909 bits per heavy atom. The van der Waals surface area contributed by atoms with Gasteiger partial charge in [-0.3, -0.25) is 4.79 Å². The number of carbonyl (C=O) groups excluding carboxylic acids is 1. The fourth-order valence-electron chi connectivity index (χ4n) is 1.83. The van der Waals surface area contributed by atoms with Crippen molar-refractivity contribution in [2.75, 3.05) is 0 Å². The van der Waals surface area contributed by atoms with Crippen molar-refractivity contribution in [3.63, 3.8) is 0 Å². The van der Waals surface area contributed by atoms with Gasteiger partial charge in [0.2, 0.25) is 0 Å². The molecule has 4 nitrogen and oxygen atoms in total. The smallest absolute Gasteiger partial charge is 0.411 e. The quantitative estimate of drug-likeness (QED) is 0.639. The van der Waals surface area contributed by atoms with Crippen molar-refractivity contribution in [2.45, 2.75) is 26.2 Å². The van der Waals surface area contributed by atoms with E-state index in [2.05, 4.69) is 0 Å². The molecule has 116 valence electrons. The van der Waals surface area contributed by atoms with Crippen molar-refractivity contribution in [3.05, 3.63) is 60.7 Å². The second-order valence-corrected chi connectivity index (χ2v) is 6.66. The highest BCUT2D eigenvalue weighted by molar-refractivity contribution is 7.72. The van der Waals surface area contributed by atoms with E-state index in [0.29, 0.717) is 17.9 Å². The highest BCUT2D eigenvalue weighted by Gasteiger charge is 2.37. The molecule has 0 aromatic heterocycles. The highest BCUT2D eigenvalue weighted by Crippen LogP contribution is 2.50. The van der Waals surface area contributed by atoms with Crippen LogP contribution in [0.4, 0.5) is 0 Å². The molecule has 5 heteroatoms. The minimum atomic E-state index is -3.92. The summed E-state index contributed by atoms with van der Waals surface area (Å²) in [5.41, 5.74) is -0.498. The number of benzene rings is 2. The first-order valence-corrected chi connectivity index (χ1v) is 8.81. The van der Waals surface area contributed by atoms with Crippen LogP contribution >= 0.6 is 7.60 Å². The summed E-state index contributed by atoms with van der Waals surface area (Å²) in [4.78, 5) is 12.3. The first-order valence-electron chi connectivity index (χ1n) is 7.27. The molecular formula is C17H19O4P. The Balaban J connectivity index is 2.23. The SMILES string of the molecule is CCCCC(=O)P(=O)(Oc1ccccc1)Oc1ccccc1. The summed E-state index contributed by atoms with van der Waals surface area (Å²) in [6, 6.07) is 17.2. The maximum absolute atomic E-state index is 13.0. The lowest BCUT2D eigenvalue weighted by atomic mass is 10.3. The molecule has 0 unspecified atom stereocenters. The predicted molar refractivity (Wildman–Crippen MR) is 86.3 cm³/mol. The lowest BCUT2D eigenvalue weighted by Crippen LogP contribution is -2.11. The molecule has 2 aromatic rings. The molecular weight excluding hydrogens is 299 g/mol. The molecule has 0 heterocycles. The normalized spacial score (nSPS) is 11.0. The lowest BCUT2D eigenvalue weighted by Gasteiger charge is -2.18. The Bertz CT molecular complexity index is 595. The van der Waals surface area contributed by atoms with E-state index < -0.39 is 13.1 Å². The number of para-hydroxylation sites is 2. The molecule has 22 heavy (non-hydrogen) atoms. The molecule has 0 aliphatic heterocycles. The van der Waals surface area contributed by atoms with E-state index in [1.165, 1.54) is 0 Å². The van der Waals surface area contributed by atoms with Crippen LogP contribution in [0.5, 0.6) is 11.5 Å². The molecule has 0 bridgehead atoms. The average Bonchev–Trinajstić information content (AvgIpc) is 2.54. The molecule has 0 N–H and O–H groups in total. The van der Waals surface area contributed by atoms with Crippen LogP contribution in [0.1, 0.15) is 26.2 Å². The molecule has 0 radical (unpaired) electrons. The van der Waals surface area contributed by atoms with Gasteiger partial charge in [0.25, 0.3) is 5.52 Å². The Labute approximate surface area is 130 Å². The summed E-state index contributed by atoms with van der Waals surface area (Å²) in [5.74, 6) is 0.707. The molecule has 0 fully saturated rings. The van der Waals surface area contributed by atoms with Gasteiger partial charge in [-0.25, -0.2) is 4.57 Å². The van der Waals surface area contributed by atoms with Crippen LogP contribution in [-0.2, 0) is 9.36 Å². The third kappa shape index (κ3) is 4.47. The Hall–Kier alpha value is -2.06. The van der Waals surface area contributed by atoms with Gasteiger partial charge in [0, 0.05) is 6.42 Å². The fourth-order valence-corrected chi connectivity index (χ4v) is 3.30. The van der Waals surface area contributed by atoms with Gasteiger partial charge in [-0.2, -0.15) is 0 Å². The van der Waals surface area contributed by atoms with Crippen molar-refractivity contribution in [3.8, 4) is 11.5 Å². The van der Waals surface area contributed by atoms with E-state index in [0.717, 1.165) is 6.42 Å². The van der Waals surface area contributed by atoms with Crippen molar-refractivity contribution in [2.24, 2.45) is 0 Å². The van der Waals surface area contributed by atoms with Gasteiger partial charge in [-0.15, -0.1) is 0 Å². The minimum absolute atomic E-state index is 0.174. The molecule has 0 amide bonds. The molecule has 0 saturated carbocycles. The van der Waals surface area contributed by atoms with E-state index in [9.17, 15) is 9.36 Å². The molecule has 0 aliphatic rings. The summed E-state index contributed by atoms with van der Waals surface area (Å²) in [6.07, 6.45) is 1.66. The Morgan fingerprint density at radius 3 is 1.77 bits per heavy atom. The van der Waals surface area contributed by atoms with Crippen LogP contribution < -0.4 is 9.05 Å². The molecule has 2 rings (SSSR count). The monoisotopic (exact) mass is 318 g/mol. The summed E-state index contributed by atoms with van der Waals surface area (Å²) < 4.78 is 23.9. The zero-order valence-corrected chi connectivity index (χ0v) is 13.4. The van der Waals surface area contributed by atoms with Crippen LogP contribution in [0, 0.1) is 0 Å². The fraction of sp³-hybridized carbons (Fsp3) is 0.235. The van der Waals surface area contributed by atoms with Crippen molar-refractivity contribution < 1.29 is 18.4 Å². The van der Waals surface area contributed by atoms with Gasteiger partial charge >= 0.3 is 7.60 Å². The molecule has 0 saturated heterocycles. The van der Waals surface area contributed by atoms with Gasteiger partial charge in [-0.05, 0) is 30.7 Å². The summed E-state index contributed by atoms with van der Waals surface area (Å²) >= 11 is 0. The predicted octanol–water partition coefficient (Wildman–Crippen LogP) is 5.05. The molecule has 0 aliphatic carbocycles. The summed E-state index contributed by atoms with van der Waals surface area (Å²) in [7, 11) is -3.92. The number of hydrogen-bond acceptors (Lipinski definition) is 4. The van der Waals surface area contributed by atoms with Gasteiger partial charge in [0.1, 0.15) is 11.5 Å². The molecule has 0 spiro atoms. The number of rotatable bonds is 8. The summed E-state index contributed by atoms with van der Waals surface area (Å²) in [6.45, 7) is 1.97. The largest absolute Gasteiger partial charge is 0.498 e. The standard InChI is InChI=1S/C17H19O4P/c1-2-3-14-17(18)22(19,20-15-10-6-4-7-11-15)21-16-12-8-5-9-13-16/h4-13H,2-3,14H2,1H3. The second-order valence-electron chi connectivity index (χ2n) is 4.80. The lowest BCUT2D eigenvalue weighted by molar-refractivity contribution is -0.113. The van der Waals surface area contributed by atoms with Crippen LogP contribution in [0.15, 0.2) is 60.7 Å². The van der Waals surface area contributed by atoms with E-state index in [4.69, 9.17) is 9.05 Å². The third-order valence-electron chi connectivity index (χ3n) is 2.99. The van der Waals surface area contributed by atoms with Crippen LogP contribution in [-0.4, -0.2) is 5.52 Å². The summed E-state index contributed by atoms with van der Waals surface area (Å²) in [5, 5.41) is 0. The van der Waals surface area contributed by atoms with Crippen LogP contribution in [0.25, 0.3) is 0 Å². The van der Waals surface area contributed by atoms with E-state index >= 15 is 0 Å². The van der Waals surface area contributed by atoms with E-state index in [1.807, 2.05) is 19.1 Å². The zero-order valence-electron chi connectivity index (χ0n) is 12.5. The molecule has 0 atom stereocenters. The van der Waals surface area contributed by atoms with Crippen molar-refractivity contribution in [1.82, 2.24) is 0 Å². The first kappa shape index (κ1) is 16.3. The number of unbranched alkanes of at least 4 members (excludes halogenated alkanes) is 1. The average molecular weight is 318 g/mol. The maximum Gasteiger partial charge on any atom is 0.498 e. The topological polar surface area (TPSA) is 52.6 Å². The number of carbonyl (C=O) groups is 1. The second kappa shape index (κ2) is 7.81. The van der Waals surface area contributed by atoms with Crippen LogP contribution in [0.2, 0.25) is 0 Å². The maximum atomic E-state index is 13.0. The van der Waals surface area contributed by atoms with Crippen molar-refractivity contribution in [1.29, 1.82) is 0 Å². The van der Waals surface area contributed by atoms with Gasteiger partial charge in [0.05, 0.1) is 0 Å². The minimum Gasteiger partial charge on any atom is -0.411 e. The first-order chi connectivity index (χ1) is 10.6. The molecule has 2 aromatic carbocycles. The van der Waals surface area contributed by atoms with Gasteiger partial charge in [-0.1, -0.05) is 49.7 Å². The third-order valence-corrected chi connectivity index (χ3v) is 4.72. The zero-order chi connectivity index (χ0) is 15.8. The van der Waals surface area contributed by atoms with Gasteiger partial charge < -0.3 is 9.05 Å². The highest BCUT2D eigenvalue weighted by atomic mass is 31.2. The van der Waals surface area contributed by atoms with Gasteiger partial charge in [0.15, 0.2) is 0 Å². The number of hydrogen-bond donors (Lipinski definition) is 0. The van der Waals surface area contributed by atoms with Crippen LogP contribution in [0.3, 0.4) is 0 Å². The Morgan fingerprint density at radius 2 is 1.36 bits per heavy atom. The Kier molecular flexibility index (Phi) is 5.79. The van der Waals surface area contributed by atoms with E-state index in [-0.39, 0.29) is 6.42 Å². The van der Waals surface area contributed by atoms with Crippen molar-refractivity contribution >= 4 is 13.1 Å².